The van der Waals surface area contributed by atoms with E-state index in [0.29, 0.717) is 19.4 Å². The van der Waals surface area contributed by atoms with Gasteiger partial charge in [0.15, 0.2) is 37.2 Å². The van der Waals surface area contributed by atoms with Crippen LogP contribution in [0.3, 0.4) is 0 Å². The minimum Gasteiger partial charge on any atom is -0.394 e. The molecule has 14 N–H and O–H groups in total. The lowest BCUT2D eigenvalue weighted by Gasteiger charge is -2.70. The number of rotatable bonds is 13. The van der Waals surface area contributed by atoms with Crippen LogP contribution >= 0.6 is 0 Å². The molecule has 2 spiro atoms. The zero-order valence-corrected chi connectivity index (χ0v) is 49.2. The molecule has 0 unspecified atom stereocenters. The minimum absolute atomic E-state index is 0.110. The highest BCUT2D eigenvalue weighted by molar-refractivity contribution is 5.27. The maximum Gasteiger partial charge on any atom is 0.187 e. The Morgan fingerprint density at radius 2 is 1.21 bits per heavy atom. The molecule has 34 atom stereocenters. The van der Waals surface area contributed by atoms with Crippen molar-refractivity contribution in [1.29, 1.82) is 0 Å². The molecule has 482 valence electrons. The Kier molecular flexibility index (Phi) is 17.9. The van der Waals surface area contributed by atoms with E-state index < -0.39 is 191 Å². The lowest BCUT2D eigenvalue weighted by molar-refractivity contribution is -0.401. The van der Waals surface area contributed by atoms with Crippen molar-refractivity contribution in [3.63, 3.8) is 0 Å². The van der Waals surface area contributed by atoms with Gasteiger partial charge in [0.25, 0.3) is 0 Å². The molecule has 0 aromatic carbocycles. The largest absolute Gasteiger partial charge is 0.394 e. The van der Waals surface area contributed by atoms with E-state index in [1.165, 1.54) is 6.92 Å². The number of aliphatic hydroxyl groups excluding tert-OH is 13. The third kappa shape index (κ3) is 10.5. The lowest BCUT2D eigenvalue weighted by atomic mass is 9.35. The highest BCUT2D eigenvalue weighted by Gasteiger charge is 2.81. The van der Waals surface area contributed by atoms with Crippen LogP contribution in [0.4, 0.5) is 0 Å². The van der Waals surface area contributed by atoms with Gasteiger partial charge in [-0.05, 0) is 100 Å². The smallest absolute Gasteiger partial charge is 0.187 e. The zero-order chi connectivity index (χ0) is 60.7. The molecular weight excluding hydrogens is 1110 g/mol. The SMILES string of the molecule is CC(C)=C[C@H]1C[C@](C)(O)[C@@H]2[C@H]3CC[C@@H]4[C@@]5(C)CC[C@H](O[C@@H]6OC[C@H](O)[C@H](O[C@@H]7O[C@H](CO[C@@H]8O[C@H](CO)[C@@H](O)[C@H](O)[C@H]8O)[C@@H](O)[C@H](O)[C@H]7O[C@@H]7OC[C@@H](O)[C@H](O)[C@H]7O)[C@H]6O[C@H]6O[C@H](C)[C@H](O)[C@H](O)[C@H]6O)C(C)(C)[C@H]5CC[C@@]4(C)[C@@]34CO[C@@]2(C4)O1. The van der Waals surface area contributed by atoms with Gasteiger partial charge in [-0.15, -0.1) is 0 Å². The number of hydrogen-bond donors (Lipinski definition) is 14. The van der Waals surface area contributed by atoms with Crippen molar-refractivity contribution in [2.24, 2.45) is 45.3 Å². The lowest BCUT2D eigenvalue weighted by Crippen LogP contribution is -2.68. The van der Waals surface area contributed by atoms with E-state index in [1.54, 1.807) is 0 Å². The van der Waals surface area contributed by atoms with E-state index in [9.17, 15) is 71.5 Å². The molecular formula is C58H94O26. The van der Waals surface area contributed by atoms with Gasteiger partial charge in [-0.1, -0.05) is 39.3 Å². The number of hydrogen-bond acceptors (Lipinski definition) is 26. The molecule has 84 heavy (non-hydrogen) atoms. The van der Waals surface area contributed by atoms with E-state index >= 15 is 0 Å². The van der Waals surface area contributed by atoms with Crippen LogP contribution < -0.4 is 0 Å². The average molecular weight is 1210 g/mol. The second-order valence-corrected chi connectivity index (χ2v) is 28.2. The fourth-order valence-corrected chi connectivity index (χ4v) is 18.3. The molecule has 0 aromatic rings. The fraction of sp³-hybridized carbons (Fsp3) is 0.966. The van der Waals surface area contributed by atoms with Crippen LogP contribution in [0.15, 0.2) is 11.6 Å². The second kappa shape index (κ2) is 23.4. The van der Waals surface area contributed by atoms with Gasteiger partial charge in [-0.3, -0.25) is 0 Å². The maximum atomic E-state index is 12.3. The van der Waals surface area contributed by atoms with E-state index in [0.717, 1.165) is 44.1 Å². The summed E-state index contributed by atoms with van der Waals surface area (Å²) < 4.78 is 75.5. The van der Waals surface area contributed by atoms with Crippen LogP contribution in [0.2, 0.25) is 0 Å². The maximum absolute atomic E-state index is 12.3. The fourth-order valence-electron chi connectivity index (χ4n) is 18.3. The number of allylic oxidation sites excluding steroid dienone is 1. The summed E-state index contributed by atoms with van der Waals surface area (Å²) >= 11 is 0. The Morgan fingerprint density at radius 1 is 0.583 bits per heavy atom. The predicted molar refractivity (Wildman–Crippen MR) is 283 cm³/mol. The predicted octanol–water partition coefficient (Wildman–Crippen LogP) is -2.72. The van der Waals surface area contributed by atoms with Crippen LogP contribution in [0, 0.1) is 45.3 Å². The summed E-state index contributed by atoms with van der Waals surface area (Å²) in [5.74, 6) is -0.440. The van der Waals surface area contributed by atoms with Gasteiger partial charge in [0, 0.05) is 24.2 Å². The number of fused-ring (bicyclic) bond motifs is 4. The Bertz CT molecular complexity index is 2330. The van der Waals surface area contributed by atoms with Crippen molar-refractivity contribution in [3.8, 4) is 0 Å². The van der Waals surface area contributed by atoms with Gasteiger partial charge in [0.1, 0.15) is 104 Å². The van der Waals surface area contributed by atoms with E-state index in [2.05, 4.69) is 33.8 Å². The van der Waals surface area contributed by atoms with E-state index in [-0.39, 0.29) is 46.0 Å². The molecule has 26 nitrogen and oxygen atoms in total. The van der Waals surface area contributed by atoms with Crippen LogP contribution in [0.5, 0.6) is 0 Å². The summed E-state index contributed by atoms with van der Waals surface area (Å²) in [6, 6.07) is 0. The molecule has 4 aliphatic carbocycles. The van der Waals surface area contributed by atoms with Gasteiger partial charge in [-0.25, -0.2) is 0 Å². The first-order valence-electron chi connectivity index (χ1n) is 30.3. The first-order valence-corrected chi connectivity index (χ1v) is 30.3. The van der Waals surface area contributed by atoms with E-state index in [1.807, 2.05) is 20.8 Å². The van der Waals surface area contributed by atoms with Gasteiger partial charge in [0.2, 0.25) is 0 Å². The summed E-state index contributed by atoms with van der Waals surface area (Å²) in [5.41, 5.74) is -0.980. The molecule has 0 amide bonds. The Morgan fingerprint density at radius 3 is 1.93 bits per heavy atom. The Balaban J connectivity index is 0.870. The normalized spacial score (nSPS) is 57.1. The zero-order valence-electron chi connectivity index (χ0n) is 49.2. The van der Waals surface area contributed by atoms with Crippen molar-refractivity contribution in [2.75, 3.05) is 33.0 Å². The van der Waals surface area contributed by atoms with Crippen LogP contribution in [-0.4, -0.2) is 269 Å². The van der Waals surface area contributed by atoms with Gasteiger partial charge in [0.05, 0.1) is 56.9 Å². The molecule has 11 rings (SSSR count). The summed E-state index contributed by atoms with van der Waals surface area (Å²) in [7, 11) is 0. The minimum atomic E-state index is -2.04. The average Bonchev–Trinajstić information content (AvgIpc) is 1.44. The molecule has 0 radical (unpaired) electrons. The number of ether oxygens (including phenoxy) is 12. The van der Waals surface area contributed by atoms with Crippen LogP contribution in [0.1, 0.15) is 107 Å². The Hall–Kier alpha value is -1.30. The first-order chi connectivity index (χ1) is 39.4. The summed E-state index contributed by atoms with van der Waals surface area (Å²) in [5, 5.41) is 154. The van der Waals surface area contributed by atoms with E-state index in [4.69, 9.17) is 56.8 Å². The van der Waals surface area contributed by atoms with Gasteiger partial charge < -0.3 is 128 Å². The molecule has 26 heteroatoms. The molecule has 7 heterocycles. The molecule has 0 aromatic heterocycles. The second-order valence-electron chi connectivity index (χ2n) is 28.2. The molecule has 4 saturated carbocycles. The topological polar surface area (TPSA) is 394 Å². The van der Waals surface area contributed by atoms with Gasteiger partial charge >= 0.3 is 0 Å². The quantitative estimate of drug-likeness (QED) is 0.0658. The molecule has 2 bridgehead atoms. The monoisotopic (exact) mass is 1210 g/mol. The molecule has 7 saturated heterocycles. The van der Waals surface area contributed by atoms with Crippen molar-refractivity contribution in [3.05, 3.63) is 11.6 Å². The third-order valence-electron chi connectivity index (χ3n) is 22.5. The summed E-state index contributed by atoms with van der Waals surface area (Å²) in [6.07, 6.45) is -31.8. The number of aliphatic hydroxyl groups is 14. The summed E-state index contributed by atoms with van der Waals surface area (Å²) in [4.78, 5) is 0. The van der Waals surface area contributed by atoms with Crippen molar-refractivity contribution < 1.29 is 128 Å². The van der Waals surface area contributed by atoms with Gasteiger partial charge in [-0.2, -0.15) is 0 Å². The molecule has 11 fully saturated rings. The standard InChI is InChI=1S/C58H94O26/c1-23(2)15-25-16-56(8,72)47-26-9-10-32-54(6)13-12-33(53(4,5)31(54)11-14-55(32,7)57(26)21-58(47,84-25)76-22-57)80-51-46(83-50-43(71)38(66)34(62)24(3)77-50)44(28(61)19-74-51)81-52-45(82-49-41(69)35(63)27(60)18-73-49)40(68)37(65)30(79-52)20-75-48-42(70)39(67)36(64)29(17-59)78-48/h15,24-52,59-72H,9-14,16-22H2,1-8H3/t24-,25+,26-,27-,28+,29-,30-,31-,32-,33+,34+,35+,36-,37-,38+,39+,40+,41-,42-,43-,44+,45-,46-,47+,48-,49+,50-,51+,52+,54+,55-,56+,57+,58+/m1/s1. The first kappa shape index (κ1) is 64.2. The van der Waals surface area contributed by atoms with Crippen molar-refractivity contribution in [2.45, 2.75) is 272 Å². The third-order valence-corrected chi connectivity index (χ3v) is 22.5. The van der Waals surface area contributed by atoms with Crippen LogP contribution in [0.25, 0.3) is 0 Å². The molecule has 7 aliphatic heterocycles. The molecule has 11 aliphatic rings. The highest BCUT2D eigenvalue weighted by Crippen LogP contribution is 2.80. The highest BCUT2D eigenvalue weighted by atomic mass is 16.8. The van der Waals surface area contributed by atoms with Crippen molar-refractivity contribution in [1.82, 2.24) is 0 Å². The Labute approximate surface area is 488 Å². The van der Waals surface area contributed by atoms with Crippen molar-refractivity contribution >= 4 is 0 Å². The summed E-state index contributed by atoms with van der Waals surface area (Å²) in [6.45, 7) is 14.8. The van der Waals surface area contributed by atoms with Crippen LogP contribution in [-0.2, 0) is 56.8 Å².